The molecule has 0 fully saturated rings. The van der Waals surface area contributed by atoms with Gasteiger partial charge in [-0.25, -0.2) is 9.36 Å². The topological polar surface area (TPSA) is 71.1 Å². The summed E-state index contributed by atoms with van der Waals surface area (Å²) in [4.78, 5) is 11.7. The van der Waals surface area contributed by atoms with Crippen molar-refractivity contribution in [2.45, 2.75) is 27.2 Å². The molecule has 0 amide bonds. The third-order valence-electron chi connectivity index (χ3n) is 2.68. The summed E-state index contributed by atoms with van der Waals surface area (Å²) in [5, 5.41) is 0. The maximum absolute atomic E-state index is 12.3. The van der Waals surface area contributed by atoms with Crippen molar-refractivity contribution in [2.75, 3.05) is 19.8 Å². The van der Waals surface area contributed by atoms with E-state index in [4.69, 9.17) is 18.3 Å². The zero-order valence-electron chi connectivity index (χ0n) is 13.7. The number of rotatable bonds is 10. The molecule has 6 nitrogen and oxygen atoms in total. The lowest BCUT2D eigenvalue weighted by molar-refractivity contribution is 0.0505. The third kappa shape index (κ3) is 6.18. The van der Waals surface area contributed by atoms with E-state index < -0.39 is 7.82 Å². The molecule has 0 saturated heterocycles. The van der Waals surface area contributed by atoms with Gasteiger partial charge in [-0.05, 0) is 32.4 Å². The molecule has 0 aliphatic heterocycles. The largest absolute Gasteiger partial charge is 0.530 e. The number of hydrogen-bond donors (Lipinski definition) is 0. The van der Waals surface area contributed by atoms with Gasteiger partial charge in [0.1, 0.15) is 5.76 Å². The van der Waals surface area contributed by atoms with Gasteiger partial charge < -0.3 is 9.26 Å². The SMILES string of the molecule is C=C(OP(=O)(OCC)OCC)c1ccc(C(=O)OCCC)cc1. The molecule has 0 saturated carbocycles. The van der Waals surface area contributed by atoms with Crippen LogP contribution < -0.4 is 0 Å². The summed E-state index contributed by atoms with van der Waals surface area (Å²) in [5.41, 5.74) is 0.990. The first-order valence-corrected chi connectivity index (χ1v) is 8.97. The van der Waals surface area contributed by atoms with Crippen molar-refractivity contribution in [1.29, 1.82) is 0 Å². The standard InChI is InChI=1S/C16H23O6P/c1-5-12-19-16(17)15-10-8-14(9-11-15)13(4)22-23(18,20-6-2)21-7-3/h8-11H,4-7,12H2,1-3H3. The molecule has 0 unspecified atom stereocenters. The summed E-state index contributed by atoms with van der Waals surface area (Å²) < 4.78 is 32.7. The Morgan fingerprint density at radius 1 is 1.04 bits per heavy atom. The fraction of sp³-hybridized carbons (Fsp3) is 0.438. The van der Waals surface area contributed by atoms with Crippen LogP contribution in [0.2, 0.25) is 0 Å². The molecule has 0 heterocycles. The van der Waals surface area contributed by atoms with E-state index in [0.29, 0.717) is 17.7 Å². The van der Waals surface area contributed by atoms with Crippen molar-refractivity contribution in [3.05, 3.63) is 42.0 Å². The number of phosphoric acid groups is 1. The van der Waals surface area contributed by atoms with Crippen LogP contribution >= 0.6 is 7.82 Å². The Labute approximate surface area is 137 Å². The Kier molecular flexibility index (Phi) is 8.03. The predicted molar refractivity (Wildman–Crippen MR) is 88.0 cm³/mol. The van der Waals surface area contributed by atoms with Gasteiger partial charge in [0.05, 0.1) is 25.4 Å². The number of esters is 1. The minimum absolute atomic E-state index is 0.142. The van der Waals surface area contributed by atoms with Gasteiger partial charge in [0.2, 0.25) is 0 Å². The molecule has 128 valence electrons. The smallest absolute Gasteiger partial charge is 0.462 e. The van der Waals surface area contributed by atoms with E-state index in [2.05, 4.69) is 6.58 Å². The first-order chi connectivity index (χ1) is 11.0. The Bertz CT molecular complexity index is 556. The normalized spacial score (nSPS) is 11.1. The number of ether oxygens (including phenoxy) is 1. The quantitative estimate of drug-likeness (QED) is 0.356. The van der Waals surface area contributed by atoms with Crippen LogP contribution in [0.15, 0.2) is 30.8 Å². The van der Waals surface area contributed by atoms with E-state index >= 15 is 0 Å². The predicted octanol–water partition coefficient (Wildman–Crippen LogP) is 4.42. The maximum Gasteiger partial charge on any atom is 0.530 e. The molecule has 1 aromatic carbocycles. The first kappa shape index (κ1) is 19.4. The summed E-state index contributed by atoms with van der Waals surface area (Å²) in [7, 11) is -3.68. The van der Waals surface area contributed by atoms with Gasteiger partial charge in [-0.2, -0.15) is 0 Å². The summed E-state index contributed by atoms with van der Waals surface area (Å²) in [6, 6.07) is 6.45. The highest BCUT2D eigenvalue weighted by molar-refractivity contribution is 7.48. The number of phosphoric ester groups is 1. The molecule has 0 radical (unpaired) electrons. The average Bonchev–Trinajstić information content (AvgIpc) is 2.53. The molecule has 0 aliphatic rings. The van der Waals surface area contributed by atoms with Crippen molar-refractivity contribution >= 4 is 19.6 Å². The highest BCUT2D eigenvalue weighted by Crippen LogP contribution is 2.52. The van der Waals surface area contributed by atoms with Crippen LogP contribution in [0.1, 0.15) is 43.1 Å². The summed E-state index contributed by atoms with van der Waals surface area (Å²) in [6.45, 7) is 9.78. The number of carbonyl (C=O) groups excluding carboxylic acids is 1. The zero-order chi connectivity index (χ0) is 17.3. The Morgan fingerprint density at radius 2 is 1.57 bits per heavy atom. The van der Waals surface area contributed by atoms with Crippen molar-refractivity contribution in [3.8, 4) is 0 Å². The summed E-state index contributed by atoms with van der Waals surface area (Å²) in [5.74, 6) is -0.247. The second kappa shape index (κ2) is 9.50. The minimum atomic E-state index is -3.68. The monoisotopic (exact) mass is 342 g/mol. The molecule has 1 rings (SSSR count). The highest BCUT2D eigenvalue weighted by Gasteiger charge is 2.28. The Balaban J connectivity index is 2.77. The van der Waals surface area contributed by atoms with Crippen LogP contribution in [0.3, 0.4) is 0 Å². The van der Waals surface area contributed by atoms with Gasteiger partial charge in [-0.1, -0.05) is 25.6 Å². The van der Waals surface area contributed by atoms with Crippen LogP contribution in [0.25, 0.3) is 5.76 Å². The first-order valence-electron chi connectivity index (χ1n) is 7.50. The van der Waals surface area contributed by atoms with Gasteiger partial charge in [0, 0.05) is 5.56 Å². The van der Waals surface area contributed by atoms with E-state index in [1.54, 1.807) is 38.1 Å². The van der Waals surface area contributed by atoms with Gasteiger partial charge >= 0.3 is 13.8 Å². The van der Waals surface area contributed by atoms with Crippen molar-refractivity contribution in [3.63, 3.8) is 0 Å². The summed E-state index contributed by atoms with van der Waals surface area (Å²) in [6.07, 6.45) is 0.763. The third-order valence-corrected chi connectivity index (χ3v) is 4.27. The number of benzene rings is 1. The van der Waals surface area contributed by atoms with E-state index in [9.17, 15) is 9.36 Å². The van der Waals surface area contributed by atoms with E-state index in [1.165, 1.54) is 0 Å². The average molecular weight is 342 g/mol. The van der Waals surface area contributed by atoms with Crippen LogP contribution in [-0.4, -0.2) is 25.8 Å². The molecule has 7 heteroatoms. The number of hydrogen-bond acceptors (Lipinski definition) is 6. The fourth-order valence-corrected chi connectivity index (χ4v) is 2.85. The fourth-order valence-electron chi connectivity index (χ4n) is 1.66. The maximum atomic E-state index is 12.3. The zero-order valence-corrected chi connectivity index (χ0v) is 14.6. The molecule has 0 bridgehead atoms. The molecule has 0 atom stereocenters. The molecule has 0 N–H and O–H groups in total. The molecule has 0 spiro atoms. The van der Waals surface area contributed by atoms with Gasteiger partial charge in [0.15, 0.2) is 0 Å². The van der Waals surface area contributed by atoms with Crippen molar-refractivity contribution in [2.24, 2.45) is 0 Å². The highest BCUT2D eigenvalue weighted by atomic mass is 31.2. The second-order valence-electron chi connectivity index (χ2n) is 4.51. The Morgan fingerprint density at radius 3 is 2.04 bits per heavy atom. The molecular formula is C16H23O6P. The minimum Gasteiger partial charge on any atom is -0.462 e. The lowest BCUT2D eigenvalue weighted by Crippen LogP contribution is -2.06. The lowest BCUT2D eigenvalue weighted by Gasteiger charge is -2.18. The summed E-state index contributed by atoms with van der Waals surface area (Å²) >= 11 is 0. The number of carbonyl (C=O) groups is 1. The molecule has 1 aromatic rings. The molecular weight excluding hydrogens is 319 g/mol. The van der Waals surface area contributed by atoms with Crippen LogP contribution in [0.4, 0.5) is 0 Å². The van der Waals surface area contributed by atoms with Gasteiger partial charge in [-0.3, -0.25) is 9.05 Å². The van der Waals surface area contributed by atoms with Crippen LogP contribution in [0.5, 0.6) is 0 Å². The van der Waals surface area contributed by atoms with Gasteiger partial charge in [-0.15, -0.1) is 0 Å². The van der Waals surface area contributed by atoms with Crippen molar-refractivity contribution in [1.82, 2.24) is 0 Å². The van der Waals surface area contributed by atoms with Crippen LogP contribution in [0, 0.1) is 0 Å². The van der Waals surface area contributed by atoms with E-state index in [0.717, 1.165) is 6.42 Å². The lowest BCUT2D eigenvalue weighted by atomic mass is 10.1. The molecule has 0 aliphatic carbocycles. The second-order valence-corrected chi connectivity index (χ2v) is 6.10. The van der Waals surface area contributed by atoms with E-state index in [1.807, 2.05) is 6.92 Å². The van der Waals surface area contributed by atoms with E-state index in [-0.39, 0.29) is 24.9 Å². The van der Waals surface area contributed by atoms with Gasteiger partial charge in [0.25, 0.3) is 0 Å². The molecule has 0 aromatic heterocycles. The van der Waals surface area contributed by atoms with Crippen molar-refractivity contribution < 1.29 is 27.7 Å². The van der Waals surface area contributed by atoms with Crippen LogP contribution in [-0.2, 0) is 22.9 Å². The molecule has 23 heavy (non-hydrogen) atoms. The Hall–Kier alpha value is -1.62.